The number of aromatic nitrogens is 3. The van der Waals surface area contributed by atoms with Gasteiger partial charge >= 0.3 is 0 Å². The van der Waals surface area contributed by atoms with Gasteiger partial charge in [-0.1, -0.05) is 6.07 Å². The Morgan fingerprint density at radius 3 is 2.78 bits per heavy atom. The van der Waals surface area contributed by atoms with E-state index in [9.17, 15) is 0 Å². The summed E-state index contributed by atoms with van der Waals surface area (Å²) in [5.41, 5.74) is 1.79. The highest BCUT2D eigenvalue weighted by atomic mass is 16.5. The number of pyridine rings is 1. The fourth-order valence-electron chi connectivity index (χ4n) is 1.72. The van der Waals surface area contributed by atoms with Gasteiger partial charge in [-0.3, -0.25) is 4.98 Å². The maximum absolute atomic E-state index is 5.39. The topological polar surface area (TPSA) is 59.9 Å². The molecule has 0 aliphatic carbocycles. The van der Waals surface area contributed by atoms with Crippen LogP contribution in [0.5, 0.6) is 5.75 Å². The third-order valence-corrected chi connectivity index (χ3v) is 2.50. The van der Waals surface area contributed by atoms with Crippen molar-refractivity contribution in [3.8, 4) is 5.75 Å². The lowest BCUT2D eigenvalue weighted by Crippen LogP contribution is -2.06. The minimum atomic E-state index is 0.630. The van der Waals surface area contributed by atoms with E-state index in [0.717, 1.165) is 23.8 Å². The van der Waals surface area contributed by atoms with Crippen LogP contribution in [0.25, 0.3) is 0 Å². The van der Waals surface area contributed by atoms with Crippen LogP contribution in [0, 0.1) is 0 Å². The normalized spacial score (nSPS) is 10.1. The van der Waals surface area contributed by atoms with Crippen LogP contribution in [0.4, 0.5) is 5.82 Å². The van der Waals surface area contributed by atoms with Crippen LogP contribution in [0.1, 0.15) is 18.3 Å². The molecule has 5 heteroatoms. The zero-order valence-corrected chi connectivity index (χ0v) is 10.6. The Hall–Kier alpha value is -2.17. The van der Waals surface area contributed by atoms with Gasteiger partial charge in [-0.15, -0.1) is 0 Å². The van der Waals surface area contributed by atoms with Gasteiger partial charge in [0.25, 0.3) is 0 Å². The first-order valence-electron chi connectivity index (χ1n) is 5.86. The molecule has 2 aromatic heterocycles. The van der Waals surface area contributed by atoms with Crippen molar-refractivity contribution in [3.63, 3.8) is 0 Å². The fourth-order valence-corrected chi connectivity index (χ4v) is 1.72. The first-order valence-corrected chi connectivity index (χ1v) is 5.86. The lowest BCUT2D eigenvalue weighted by molar-refractivity contribution is 0.407. The van der Waals surface area contributed by atoms with Crippen molar-refractivity contribution in [1.82, 2.24) is 15.0 Å². The fraction of sp³-hybridized carbons (Fsp3) is 0.308. The van der Waals surface area contributed by atoms with Gasteiger partial charge in [-0.2, -0.15) is 0 Å². The summed E-state index contributed by atoms with van der Waals surface area (Å²) < 4.78 is 5.39. The van der Waals surface area contributed by atoms with E-state index in [2.05, 4.69) is 20.3 Å². The van der Waals surface area contributed by atoms with Crippen LogP contribution in [0.2, 0.25) is 0 Å². The molecule has 0 aliphatic rings. The molecule has 0 saturated carbocycles. The molecule has 2 rings (SSSR count). The first kappa shape index (κ1) is 12.3. The highest BCUT2D eigenvalue weighted by Crippen LogP contribution is 2.25. The quantitative estimate of drug-likeness (QED) is 0.870. The van der Waals surface area contributed by atoms with E-state index in [1.165, 1.54) is 0 Å². The molecular formula is C13H16N4O. The molecule has 0 radical (unpaired) electrons. The predicted molar refractivity (Wildman–Crippen MR) is 69.8 cm³/mol. The standard InChI is InChI=1S/C13H16N4O/c1-3-14-13-12(18-2)11(16-9-17-13)8-10-6-4-5-7-15-10/h4-7,9H,3,8H2,1-2H3,(H,14,16,17). The van der Waals surface area contributed by atoms with E-state index < -0.39 is 0 Å². The molecule has 0 aromatic carbocycles. The second-order valence-electron chi connectivity index (χ2n) is 3.73. The van der Waals surface area contributed by atoms with Gasteiger partial charge in [-0.25, -0.2) is 9.97 Å². The van der Waals surface area contributed by atoms with Gasteiger partial charge in [0.1, 0.15) is 6.33 Å². The molecule has 5 nitrogen and oxygen atoms in total. The van der Waals surface area contributed by atoms with Crippen molar-refractivity contribution >= 4 is 5.82 Å². The lowest BCUT2D eigenvalue weighted by Gasteiger charge is -2.11. The minimum Gasteiger partial charge on any atom is -0.491 e. The molecule has 18 heavy (non-hydrogen) atoms. The molecule has 0 fully saturated rings. The van der Waals surface area contributed by atoms with Crippen LogP contribution >= 0.6 is 0 Å². The third-order valence-electron chi connectivity index (χ3n) is 2.50. The number of rotatable bonds is 5. The van der Waals surface area contributed by atoms with Crippen molar-refractivity contribution in [3.05, 3.63) is 42.1 Å². The number of ether oxygens (including phenoxy) is 1. The maximum atomic E-state index is 5.39. The van der Waals surface area contributed by atoms with Crippen molar-refractivity contribution in [2.45, 2.75) is 13.3 Å². The van der Waals surface area contributed by atoms with E-state index in [1.807, 2.05) is 25.1 Å². The smallest absolute Gasteiger partial charge is 0.183 e. The second-order valence-corrected chi connectivity index (χ2v) is 3.73. The average Bonchev–Trinajstić information content (AvgIpc) is 2.41. The van der Waals surface area contributed by atoms with E-state index >= 15 is 0 Å². The maximum Gasteiger partial charge on any atom is 0.183 e. The molecule has 1 N–H and O–H groups in total. The number of nitrogens with one attached hydrogen (secondary N) is 1. The Morgan fingerprint density at radius 2 is 2.11 bits per heavy atom. The van der Waals surface area contributed by atoms with Crippen LogP contribution in [0.15, 0.2) is 30.7 Å². The summed E-state index contributed by atoms with van der Waals surface area (Å²) >= 11 is 0. The Labute approximate surface area is 106 Å². The largest absolute Gasteiger partial charge is 0.491 e. The molecule has 0 bridgehead atoms. The number of nitrogens with zero attached hydrogens (tertiary/aromatic N) is 3. The van der Waals surface area contributed by atoms with E-state index in [0.29, 0.717) is 12.2 Å². The first-order chi connectivity index (χ1) is 8.85. The van der Waals surface area contributed by atoms with Gasteiger partial charge in [0.2, 0.25) is 0 Å². The molecule has 0 spiro atoms. The monoisotopic (exact) mass is 244 g/mol. The molecule has 2 aromatic rings. The molecular weight excluding hydrogens is 228 g/mol. The van der Waals surface area contributed by atoms with E-state index in [-0.39, 0.29) is 0 Å². The van der Waals surface area contributed by atoms with Gasteiger partial charge in [0, 0.05) is 24.9 Å². The van der Waals surface area contributed by atoms with Gasteiger partial charge < -0.3 is 10.1 Å². The Morgan fingerprint density at radius 1 is 1.22 bits per heavy atom. The Kier molecular flexibility index (Phi) is 4.06. The molecule has 0 atom stereocenters. The minimum absolute atomic E-state index is 0.630. The van der Waals surface area contributed by atoms with Crippen molar-refractivity contribution in [2.75, 3.05) is 19.0 Å². The van der Waals surface area contributed by atoms with Crippen molar-refractivity contribution in [1.29, 1.82) is 0 Å². The van der Waals surface area contributed by atoms with Crippen LogP contribution in [-0.4, -0.2) is 28.6 Å². The van der Waals surface area contributed by atoms with Crippen LogP contribution in [-0.2, 0) is 6.42 Å². The van der Waals surface area contributed by atoms with Crippen molar-refractivity contribution < 1.29 is 4.74 Å². The zero-order chi connectivity index (χ0) is 12.8. The highest BCUT2D eigenvalue weighted by molar-refractivity contribution is 5.52. The number of hydrogen-bond donors (Lipinski definition) is 1. The van der Waals surface area contributed by atoms with Crippen LogP contribution in [0.3, 0.4) is 0 Å². The summed E-state index contributed by atoms with van der Waals surface area (Å²) in [4.78, 5) is 12.7. The molecule has 0 aliphatic heterocycles. The van der Waals surface area contributed by atoms with E-state index in [4.69, 9.17) is 4.74 Å². The number of anilines is 1. The molecule has 0 amide bonds. The third kappa shape index (κ3) is 2.74. The Bertz CT molecular complexity index is 502. The zero-order valence-electron chi connectivity index (χ0n) is 10.6. The SMILES string of the molecule is CCNc1ncnc(Cc2ccccn2)c1OC. The van der Waals surface area contributed by atoms with Gasteiger partial charge in [-0.05, 0) is 19.1 Å². The molecule has 2 heterocycles. The summed E-state index contributed by atoms with van der Waals surface area (Å²) in [5.74, 6) is 1.41. The second kappa shape index (κ2) is 5.95. The van der Waals surface area contributed by atoms with Crippen LogP contribution < -0.4 is 10.1 Å². The summed E-state index contributed by atoms with van der Waals surface area (Å²) in [6.07, 6.45) is 3.94. The van der Waals surface area contributed by atoms with Gasteiger partial charge in [0.15, 0.2) is 11.6 Å². The van der Waals surface area contributed by atoms with E-state index in [1.54, 1.807) is 19.6 Å². The number of hydrogen-bond acceptors (Lipinski definition) is 5. The number of methoxy groups -OCH3 is 1. The summed E-state index contributed by atoms with van der Waals surface area (Å²) in [6.45, 7) is 2.80. The molecule has 0 saturated heterocycles. The molecule has 0 unspecified atom stereocenters. The lowest BCUT2D eigenvalue weighted by atomic mass is 10.2. The Balaban J connectivity index is 2.30. The van der Waals surface area contributed by atoms with Crippen molar-refractivity contribution in [2.24, 2.45) is 0 Å². The molecule has 94 valence electrons. The summed E-state index contributed by atoms with van der Waals surface area (Å²) in [6, 6.07) is 5.82. The highest BCUT2D eigenvalue weighted by Gasteiger charge is 2.12. The van der Waals surface area contributed by atoms with Gasteiger partial charge in [0.05, 0.1) is 12.8 Å². The predicted octanol–water partition coefficient (Wildman–Crippen LogP) is 1.90. The summed E-state index contributed by atoms with van der Waals surface area (Å²) in [7, 11) is 1.63. The summed E-state index contributed by atoms with van der Waals surface area (Å²) in [5, 5.41) is 3.16. The average molecular weight is 244 g/mol.